The summed E-state index contributed by atoms with van der Waals surface area (Å²) in [5.41, 5.74) is 3.24. The van der Waals surface area contributed by atoms with Gasteiger partial charge in [-0.2, -0.15) is 0 Å². The van der Waals surface area contributed by atoms with Gasteiger partial charge in [0.25, 0.3) is 5.91 Å². The van der Waals surface area contributed by atoms with Gasteiger partial charge in [-0.05, 0) is 55.5 Å². The van der Waals surface area contributed by atoms with Crippen LogP contribution in [-0.2, 0) is 0 Å². The van der Waals surface area contributed by atoms with Crippen LogP contribution in [0.25, 0.3) is 10.6 Å². The maximum atomic E-state index is 13.1. The third-order valence-corrected chi connectivity index (χ3v) is 4.94. The number of hydrogen-bond acceptors (Lipinski definition) is 4. The monoisotopic (exact) mass is 355 g/mol. The molecule has 128 valence electrons. The van der Waals surface area contributed by atoms with Gasteiger partial charge in [0, 0.05) is 31.0 Å². The minimum absolute atomic E-state index is 0.194. The summed E-state index contributed by atoms with van der Waals surface area (Å²) in [5, 5.41) is 3.59. The van der Waals surface area contributed by atoms with Crippen LogP contribution in [-0.4, -0.2) is 25.0 Å². The van der Waals surface area contributed by atoms with Gasteiger partial charge in [0.15, 0.2) is 0 Å². The number of carbonyl (C=O) groups excluding carboxylic acids is 1. The largest absolute Gasteiger partial charge is 0.378 e. The molecule has 0 atom stereocenters. The van der Waals surface area contributed by atoms with E-state index in [2.05, 4.69) is 10.3 Å². The van der Waals surface area contributed by atoms with Crippen LogP contribution in [0.3, 0.4) is 0 Å². The van der Waals surface area contributed by atoms with E-state index in [4.69, 9.17) is 0 Å². The predicted octanol–water partition coefficient (Wildman–Crippen LogP) is 4.58. The molecule has 3 rings (SSSR count). The number of carbonyl (C=O) groups is 1. The van der Waals surface area contributed by atoms with Crippen LogP contribution in [0.2, 0.25) is 0 Å². The van der Waals surface area contributed by atoms with Crippen molar-refractivity contribution < 1.29 is 9.18 Å². The maximum Gasteiger partial charge on any atom is 0.267 e. The van der Waals surface area contributed by atoms with Crippen molar-refractivity contribution in [3.63, 3.8) is 0 Å². The fraction of sp³-hybridized carbons (Fsp3) is 0.158. The van der Waals surface area contributed by atoms with E-state index in [0.717, 1.165) is 16.9 Å². The second-order valence-electron chi connectivity index (χ2n) is 5.84. The van der Waals surface area contributed by atoms with Crippen LogP contribution in [0, 0.1) is 12.7 Å². The quantitative estimate of drug-likeness (QED) is 0.745. The van der Waals surface area contributed by atoms with E-state index in [1.807, 2.05) is 43.3 Å². The first-order chi connectivity index (χ1) is 11.9. The number of nitrogens with one attached hydrogen (secondary N) is 1. The van der Waals surface area contributed by atoms with Gasteiger partial charge in [0.05, 0.1) is 5.69 Å². The lowest BCUT2D eigenvalue weighted by atomic mass is 10.2. The van der Waals surface area contributed by atoms with Gasteiger partial charge in [-0.25, -0.2) is 9.37 Å². The number of halogens is 1. The van der Waals surface area contributed by atoms with Crippen molar-refractivity contribution in [1.29, 1.82) is 0 Å². The highest BCUT2D eigenvalue weighted by Gasteiger charge is 2.16. The summed E-state index contributed by atoms with van der Waals surface area (Å²) in [4.78, 5) is 19.5. The van der Waals surface area contributed by atoms with Crippen molar-refractivity contribution >= 4 is 28.6 Å². The normalized spacial score (nSPS) is 10.6. The average Bonchev–Trinajstić information content (AvgIpc) is 2.98. The Hall–Kier alpha value is -2.73. The molecule has 0 bridgehead atoms. The standard InChI is InChI=1S/C19H18FN3OS/c1-12-17(25-19(21-12)13-4-6-14(20)7-5-13)18(24)22-15-8-10-16(11-9-15)23(2)3/h4-11H,1-3H3,(H,22,24). The van der Waals surface area contributed by atoms with E-state index < -0.39 is 0 Å². The first kappa shape index (κ1) is 17.1. The summed E-state index contributed by atoms with van der Waals surface area (Å²) in [6.07, 6.45) is 0. The number of aryl methyl sites for hydroxylation is 1. The van der Waals surface area contributed by atoms with Gasteiger partial charge in [-0.15, -0.1) is 11.3 Å². The number of nitrogens with zero attached hydrogens (tertiary/aromatic N) is 2. The Morgan fingerprint density at radius 3 is 2.32 bits per heavy atom. The van der Waals surface area contributed by atoms with Crippen LogP contribution in [0.15, 0.2) is 48.5 Å². The van der Waals surface area contributed by atoms with Gasteiger partial charge in [-0.1, -0.05) is 0 Å². The van der Waals surface area contributed by atoms with Crippen molar-refractivity contribution in [3.05, 3.63) is 64.9 Å². The molecule has 0 spiro atoms. The Labute approximate surface area is 150 Å². The molecule has 4 nitrogen and oxygen atoms in total. The zero-order chi connectivity index (χ0) is 18.0. The highest BCUT2D eigenvalue weighted by Crippen LogP contribution is 2.28. The number of aromatic nitrogens is 1. The van der Waals surface area contributed by atoms with Crippen molar-refractivity contribution in [2.45, 2.75) is 6.92 Å². The molecule has 0 aliphatic carbocycles. The minimum Gasteiger partial charge on any atom is -0.378 e. The van der Waals surface area contributed by atoms with Crippen molar-refractivity contribution in [2.75, 3.05) is 24.3 Å². The van der Waals surface area contributed by atoms with Crippen LogP contribution < -0.4 is 10.2 Å². The molecule has 0 saturated heterocycles. The van der Waals surface area contributed by atoms with E-state index in [9.17, 15) is 9.18 Å². The number of hydrogen-bond donors (Lipinski definition) is 1. The Balaban J connectivity index is 1.79. The number of anilines is 2. The van der Waals surface area contributed by atoms with Crippen molar-refractivity contribution in [1.82, 2.24) is 4.98 Å². The second kappa shape index (κ2) is 7.03. The highest BCUT2D eigenvalue weighted by molar-refractivity contribution is 7.17. The van der Waals surface area contributed by atoms with Crippen LogP contribution in [0.4, 0.5) is 15.8 Å². The predicted molar refractivity (Wildman–Crippen MR) is 101 cm³/mol. The minimum atomic E-state index is -0.295. The molecular formula is C19H18FN3OS. The van der Waals surface area contributed by atoms with Crippen molar-refractivity contribution in [2.24, 2.45) is 0 Å². The maximum absolute atomic E-state index is 13.1. The SMILES string of the molecule is Cc1nc(-c2ccc(F)cc2)sc1C(=O)Nc1ccc(N(C)C)cc1. The lowest BCUT2D eigenvalue weighted by Crippen LogP contribution is -2.12. The first-order valence-electron chi connectivity index (χ1n) is 7.76. The topological polar surface area (TPSA) is 45.2 Å². The molecule has 25 heavy (non-hydrogen) atoms. The molecule has 0 radical (unpaired) electrons. The Bertz CT molecular complexity index is 886. The number of amides is 1. The van der Waals surface area contributed by atoms with Gasteiger partial charge < -0.3 is 10.2 Å². The molecule has 3 aromatic rings. The molecule has 2 aromatic carbocycles. The Kier molecular flexibility index (Phi) is 4.81. The van der Waals surface area contributed by atoms with Crippen molar-refractivity contribution in [3.8, 4) is 10.6 Å². The summed E-state index contributed by atoms with van der Waals surface area (Å²) < 4.78 is 13.1. The molecule has 1 aromatic heterocycles. The molecule has 1 heterocycles. The van der Waals surface area contributed by atoms with E-state index in [1.165, 1.54) is 23.5 Å². The highest BCUT2D eigenvalue weighted by atomic mass is 32.1. The summed E-state index contributed by atoms with van der Waals surface area (Å²) in [5.74, 6) is -0.489. The van der Waals surface area contributed by atoms with Gasteiger partial charge >= 0.3 is 0 Å². The van der Waals surface area contributed by atoms with Gasteiger partial charge in [0.2, 0.25) is 0 Å². The van der Waals surface area contributed by atoms with Crippen LogP contribution >= 0.6 is 11.3 Å². The summed E-state index contributed by atoms with van der Waals surface area (Å²) in [6.45, 7) is 1.80. The Morgan fingerprint density at radius 1 is 1.08 bits per heavy atom. The summed E-state index contributed by atoms with van der Waals surface area (Å²) in [7, 11) is 3.93. The molecule has 0 aliphatic heterocycles. The molecule has 1 amide bonds. The van der Waals surface area contributed by atoms with Gasteiger partial charge in [0.1, 0.15) is 15.7 Å². The molecule has 0 saturated carbocycles. The van der Waals surface area contributed by atoms with E-state index >= 15 is 0 Å². The first-order valence-corrected chi connectivity index (χ1v) is 8.58. The molecular weight excluding hydrogens is 337 g/mol. The van der Waals surface area contributed by atoms with Gasteiger partial charge in [-0.3, -0.25) is 4.79 Å². The average molecular weight is 355 g/mol. The van der Waals surface area contributed by atoms with Crippen LogP contribution in [0.5, 0.6) is 0 Å². The fourth-order valence-corrected chi connectivity index (χ4v) is 3.32. The third-order valence-electron chi connectivity index (χ3n) is 3.74. The lowest BCUT2D eigenvalue weighted by Gasteiger charge is -2.12. The molecule has 1 N–H and O–H groups in total. The molecule has 6 heteroatoms. The number of rotatable bonds is 4. The fourth-order valence-electron chi connectivity index (χ4n) is 2.35. The smallest absolute Gasteiger partial charge is 0.267 e. The second-order valence-corrected chi connectivity index (χ2v) is 6.83. The molecule has 0 unspecified atom stereocenters. The zero-order valence-electron chi connectivity index (χ0n) is 14.2. The molecule has 0 aliphatic rings. The van der Waals surface area contributed by atoms with E-state index in [0.29, 0.717) is 15.6 Å². The van der Waals surface area contributed by atoms with E-state index in [-0.39, 0.29) is 11.7 Å². The summed E-state index contributed by atoms with van der Waals surface area (Å²) >= 11 is 1.30. The third kappa shape index (κ3) is 3.85. The lowest BCUT2D eigenvalue weighted by molar-refractivity contribution is 0.103. The number of thiazole rings is 1. The Morgan fingerprint density at radius 2 is 1.72 bits per heavy atom. The molecule has 0 fully saturated rings. The number of benzene rings is 2. The zero-order valence-corrected chi connectivity index (χ0v) is 15.0. The van der Waals surface area contributed by atoms with Crippen LogP contribution in [0.1, 0.15) is 15.4 Å². The van der Waals surface area contributed by atoms with E-state index in [1.54, 1.807) is 19.1 Å². The summed E-state index contributed by atoms with van der Waals surface area (Å²) in [6, 6.07) is 13.7.